The highest BCUT2D eigenvalue weighted by molar-refractivity contribution is 5.74. The lowest BCUT2D eigenvalue weighted by Gasteiger charge is -2.08. The van der Waals surface area contributed by atoms with E-state index in [-0.39, 0.29) is 0 Å². The van der Waals surface area contributed by atoms with Gasteiger partial charge in [0.15, 0.2) is 6.10 Å². The van der Waals surface area contributed by atoms with Crippen molar-refractivity contribution in [3.8, 4) is 0 Å². The molecular formula is C10H15NO3. The van der Waals surface area contributed by atoms with Crippen LogP contribution in [-0.2, 0) is 16.0 Å². The molecule has 14 heavy (non-hydrogen) atoms. The average Bonchev–Trinajstić information content (AvgIpc) is 2.48. The van der Waals surface area contributed by atoms with Crippen LogP contribution in [0, 0.1) is 13.8 Å². The zero-order valence-electron chi connectivity index (χ0n) is 8.63. The fraction of sp³-hybridized carbons (Fsp3) is 0.500. The minimum absolute atomic E-state index is 0.299. The second-order valence-corrected chi connectivity index (χ2v) is 3.32. The Bertz CT molecular complexity index is 311. The van der Waals surface area contributed by atoms with Crippen LogP contribution >= 0.6 is 0 Å². The molecule has 0 aromatic carbocycles. The van der Waals surface area contributed by atoms with Crippen LogP contribution < -0.4 is 0 Å². The number of methoxy groups -OCH3 is 1. The number of hydrogen-bond donors (Lipinski definition) is 2. The van der Waals surface area contributed by atoms with E-state index in [1.165, 1.54) is 7.11 Å². The average molecular weight is 197 g/mol. The Labute approximate surface area is 82.9 Å². The Balaban J connectivity index is 2.73. The fourth-order valence-electron chi connectivity index (χ4n) is 1.41. The smallest absolute Gasteiger partial charge is 0.335 e. The van der Waals surface area contributed by atoms with Crippen molar-refractivity contribution in [2.75, 3.05) is 7.11 Å². The van der Waals surface area contributed by atoms with Crippen molar-refractivity contribution in [3.63, 3.8) is 0 Å². The summed E-state index contributed by atoms with van der Waals surface area (Å²) >= 11 is 0. The van der Waals surface area contributed by atoms with Crippen molar-refractivity contribution < 1.29 is 14.6 Å². The molecule has 0 saturated carbocycles. The topological polar surface area (TPSA) is 62.3 Å². The molecule has 0 fully saturated rings. The standard InChI is InChI=1S/C10H15NO3/c1-6-5-11-7(2)8(6)4-9(12)10(13)14-3/h5,9,11-12H,4H2,1-3H3. The molecule has 4 nitrogen and oxygen atoms in total. The number of aromatic amines is 1. The van der Waals surface area contributed by atoms with Gasteiger partial charge >= 0.3 is 5.97 Å². The highest BCUT2D eigenvalue weighted by Crippen LogP contribution is 2.14. The molecule has 1 aromatic heterocycles. The van der Waals surface area contributed by atoms with E-state index in [4.69, 9.17) is 0 Å². The summed E-state index contributed by atoms with van der Waals surface area (Å²) in [4.78, 5) is 14.0. The number of aromatic nitrogens is 1. The summed E-state index contributed by atoms with van der Waals surface area (Å²) in [6, 6.07) is 0. The number of aryl methyl sites for hydroxylation is 2. The van der Waals surface area contributed by atoms with Crippen LogP contribution in [0.1, 0.15) is 16.8 Å². The van der Waals surface area contributed by atoms with Crippen molar-refractivity contribution >= 4 is 5.97 Å². The van der Waals surface area contributed by atoms with Gasteiger partial charge in [-0.2, -0.15) is 0 Å². The summed E-state index contributed by atoms with van der Waals surface area (Å²) in [6.07, 6.45) is 1.08. The number of H-pyrrole nitrogens is 1. The summed E-state index contributed by atoms with van der Waals surface area (Å²) in [5, 5.41) is 9.45. The predicted molar refractivity (Wildman–Crippen MR) is 52.0 cm³/mol. The van der Waals surface area contributed by atoms with Crippen LogP contribution in [0.2, 0.25) is 0 Å². The second-order valence-electron chi connectivity index (χ2n) is 3.32. The molecule has 1 unspecified atom stereocenters. The highest BCUT2D eigenvalue weighted by atomic mass is 16.5. The van der Waals surface area contributed by atoms with E-state index in [2.05, 4.69) is 9.72 Å². The van der Waals surface area contributed by atoms with Crippen molar-refractivity contribution in [1.29, 1.82) is 0 Å². The molecular weight excluding hydrogens is 182 g/mol. The fourth-order valence-corrected chi connectivity index (χ4v) is 1.41. The third-order valence-corrected chi connectivity index (χ3v) is 2.30. The van der Waals surface area contributed by atoms with E-state index in [1.807, 2.05) is 20.0 Å². The Morgan fingerprint density at radius 2 is 2.29 bits per heavy atom. The van der Waals surface area contributed by atoms with E-state index in [9.17, 15) is 9.90 Å². The first kappa shape index (κ1) is 10.8. The first-order chi connectivity index (χ1) is 6.56. The van der Waals surface area contributed by atoms with E-state index >= 15 is 0 Å². The van der Waals surface area contributed by atoms with Crippen LogP contribution in [-0.4, -0.2) is 29.3 Å². The molecule has 0 radical (unpaired) electrons. The molecule has 0 saturated heterocycles. The van der Waals surface area contributed by atoms with Crippen molar-refractivity contribution in [2.45, 2.75) is 26.4 Å². The molecule has 1 aromatic rings. The zero-order chi connectivity index (χ0) is 10.7. The zero-order valence-corrected chi connectivity index (χ0v) is 8.63. The SMILES string of the molecule is COC(=O)C(O)Cc1c(C)c[nH]c1C. The van der Waals surface area contributed by atoms with Gasteiger partial charge in [-0.3, -0.25) is 0 Å². The van der Waals surface area contributed by atoms with Gasteiger partial charge in [0.25, 0.3) is 0 Å². The number of esters is 1. The maximum absolute atomic E-state index is 11.0. The van der Waals surface area contributed by atoms with Gasteiger partial charge in [0, 0.05) is 18.3 Å². The van der Waals surface area contributed by atoms with Crippen molar-refractivity contribution in [3.05, 3.63) is 23.0 Å². The van der Waals surface area contributed by atoms with E-state index in [1.54, 1.807) is 0 Å². The van der Waals surface area contributed by atoms with Gasteiger partial charge in [-0.05, 0) is 25.0 Å². The monoisotopic (exact) mass is 197 g/mol. The molecule has 1 rings (SSSR count). The number of carbonyl (C=O) groups is 1. The molecule has 2 N–H and O–H groups in total. The van der Waals surface area contributed by atoms with Crippen LogP contribution in [0.15, 0.2) is 6.20 Å². The molecule has 1 heterocycles. The Morgan fingerprint density at radius 1 is 1.64 bits per heavy atom. The Kier molecular flexibility index (Phi) is 3.30. The molecule has 0 aliphatic heterocycles. The third-order valence-electron chi connectivity index (χ3n) is 2.30. The summed E-state index contributed by atoms with van der Waals surface area (Å²) in [5.41, 5.74) is 3.00. The van der Waals surface area contributed by atoms with Gasteiger partial charge < -0.3 is 14.8 Å². The van der Waals surface area contributed by atoms with Crippen LogP contribution in [0.4, 0.5) is 0 Å². The molecule has 0 aliphatic rings. The van der Waals surface area contributed by atoms with Gasteiger partial charge in [0.2, 0.25) is 0 Å². The summed E-state index contributed by atoms with van der Waals surface area (Å²) in [7, 11) is 1.27. The van der Waals surface area contributed by atoms with Gasteiger partial charge in [-0.15, -0.1) is 0 Å². The first-order valence-electron chi connectivity index (χ1n) is 4.45. The quantitative estimate of drug-likeness (QED) is 0.701. The van der Waals surface area contributed by atoms with Crippen LogP contribution in [0.3, 0.4) is 0 Å². The maximum atomic E-state index is 11.0. The Morgan fingerprint density at radius 3 is 2.71 bits per heavy atom. The minimum Gasteiger partial charge on any atom is -0.467 e. The lowest BCUT2D eigenvalue weighted by atomic mass is 10.1. The summed E-state index contributed by atoms with van der Waals surface area (Å²) in [6.45, 7) is 3.84. The van der Waals surface area contributed by atoms with Gasteiger partial charge in [-0.1, -0.05) is 0 Å². The van der Waals surface area contributed by atoms with Crippen molar-refractivity contribution in [1.82, 2.24) is 4.98 Å². The number of aliphatic hydroxyl groups excluding tert-OH is 1. The number of ether oxygens (including phenoxy) is 1. The van der Waals surface area contributed by atoms with Crippen LogP contribution in [0.5, 0.6) is 0 Å². The highest BCUT2D eigenvalue weighted by Gasteiger charge is 2.18. The molecule has 4 heteroatoms. The number of aliphatic hydroxyl groups is 1. The summed E-state index contributed by atoms with van der Waals surface area (Å²) in [5.74, 6) is -0.593. The van der Waals surface area contributed by atoms with E-state index in [0.29, 0.717) is 6.42 Å². The molecule has 1 atom stereocenters. The number of hydrogen-bond acceptors (Lipinski definition) is 3. The van der Waals surface area contributed by atoms with Crippen LogP contribution in [0.25, 0.3) is 0 Å². The van der Waals surface area contributed by atoms with Crippen molar-refractivity contribution in [2.24, 2.45) is 0 Å². The van der Waals surface area contributed by atoms with Gasteiger partial charge in [0.1, 0.15) is 0 Å². The molecule has 0 amide bonds. The van der Waals surface area contributed by atoms with Gasteiger partial charge in [0.05, 0.1) is 7.11 Å². The largest absolute Gasteiger partial charge is 0.467 e. The molecule has 78 valence electrons. The lowest BCUT2D eigenvalue weighted by Crippen LogP contribution is -2.24. The second kappa shape index (κ2) is 4.28. The third kappa shape index (κ3) is 2.14. The van der Waals surface area contributed by atoms with E-state index < -0.39 is 12.1 Å². The summed E-state index contributed by atoms with van der Waals surface area (Å²) < 4.78 is 4.44. The van der Waals surface area contributed by atoms with Gasteiger partial charge in [-0.25, -0.2) is 4.79 Å². The minimum atomic E-state index is -1.08. The number of rotatable bonds is 3. The van der Waals surface area contributed by atoms with E-state index in [0.717, 1.165) is 16.8 Å². The molecule has 0 spiro atoms. The number of carbonyl (C=O) groups excluding carboxylic acids is 1. The first-order valence-corrected chi connectivity index (χ1v) is 4.45. The lowest BCUT2D eigenvalue weighted by molar-refractivity contribution is -0.150. The normalized spacial score (nSPS) is 12.6. The number of nitrogens with one attached hydrogen (secondary N) is 1. The molecule has 0 aliphatic carbocycles. The molecule has 0 bridgehead atoms. The predicted octanol–water partition coefficient (Wildman–Crippen LogP) is 0.708. The maximum Gasteiger partial charge on any atom is 0.335 e. The Hall–Kier alpha value is -1.29.